The number of non-ortho nitro benzene ring substituents is 1. The Hall–Kier alpha value is -3.40. The van der Waals surface area contributed by atoms with Crippen LogP contribution in [0.1, 0.15) is 35.7 Å². The van der Waals surface area contributed by atoms with E-state index in [-0.39, 0.29) is 11.6 Å². The van der Waals surface area contributed by atoms with Crippen LogP contribution < -0.4 is 10.2 Å². The summed E-state index contributed by atoms with van der Waals surface area (Å²) >= 11 is 0. The average molecular weight is 378 g/mol. The topological polar surface area (TPSA) is 99.3 Å². The summed E-state index contributed by atoms with van der Waals surface area (Å²) < 4.78 is 0. The van der Waals surface area contributed by atoms with E-state index in [4.69, 9.17) is 5.26 Å². The monoisotopic (exact) mass is 378 g/mol. The molecule has 144 valence electrons. The molecule has 7 heteroatoms. The number of nitriles is 1. The number of rotatable bonds is 5. The fourth-order valence-corrected chi connectivity index (χ4v) is 3.34. The Morgan fingerprint density at radius 1 is 1.25 bits per heavy atom. The molecule has 0 spiro atoms. The predicted octanol–water partition coefficient (Wildman–Crippen LogP) is 4.15. The van der Waals surface area contributed by atoms with Crippen molar-refractivity contribution in [3.8, 4) is 6.07 Å². The van der Waals surface area contributed by atoms with Crippen molar-refractivity contribution in [3.63, 3.8) is 0 Å². The van der Waals surface area contributed by atoms with Crippen LogP contribution in [0.4, 0.5) is 17.1 Å². The highest BCUT2D eigenvalue weighted by molar-refractivity contribution is 6.08. The average Bonchev–Trinajstić information content (AvgIpc) is 2.70. The van der Waals surface area contributed by atoms with E-state index in [0.29, 0.717) is 23.6 Å². The molecule has 2 aromatic carbocycles. The number of amides is 1. The number of carbonyl (C=O) groups is 1. The fraction of sp³-hybridized carbons (Fsp3) is 0.333. The number of hydrogen-bond acceptors (Lipinski definition) is 5. The molecule has 1 fully saturated rings. The second kappa shape index (κ2) is 8.53. The molecule has 1 saturated heterocycles. The number of nitro groups is 1. The van der Waals surface area contributed by atoms with E-state index in [9.17, 15) is 14.9 Å². The molecule has 0 atom stereocenters. The van der Waals surface area contributed by atoms with E-state index in [0.717, 1.165) is 37.2 Å². The van der Waals surface area contributed by atoms with Crippen molar-refractivity contribution in [2.45, 2.75) is 26.2 Å². The van der Waals surface area contributed by atoms with Gasteiger partial charge in [0.2, 0.25) is 0 Å². The SMILES string of the molecule is CC1CCN(c2ccc([N+](=O)[O-])cc2C(=O)Nc2ccc(CC#N)cc2)CC1. The van der Waals surface area contributed by atoms with E-state index in [2.05, 4.69) is 23.2 Å². The summed E-state index contributed by atoms with van der Waals surface area (Å²) in [7, 11) is 0. The molecule has 0 aromatic heterocycles. The summed E-state index contributed by atoms with van der Waals surface area (Å²) in [6, 6.07) is 13.5. The Morgan fingerprint density at radius 3 is 2.54 bits per heavy atom. The molecule has 1 aliphatic rings. The fourth-order valence-electron chi connectivity index (χ4n) is 3.34. The van der Waals surface area contributed by atoms with Crippen LogP contribution in [0.5, 0.6) is 0 Å². The lowest BCUT2D eigenvalue weighted by molar-refractivity contribution is -0.384. The van der Waals surface area contributed by atoms with Crippen molar-refractivity contribution in [2.75, 3.05) is 23.3 Å². The van der Waals surface area contributed by atoms with E-state index in [1.54, 1.807) is 30.3 Å². The minimum absolute atomic E-state index is 0.108. The van der Waals surface area contributed by atoms with Gasteiger partial charge in [0.1, 0.15) is 0 Å². The van der Waals surface area contributed by atoms with Crippen molar-refractivity contribution in [2.24, 2.45) is 5.92 Å². The molecule has 2 aromatic rings. The second-order valence-corrected chi connectivity index (χ2v) is 7.11. The van der Waals surface area contributed by atoms with Gasteiger partial charge in [-0.25, -0.2) is 0 Å². The summed E-state index contributed by atoms with van der Waals surface area (Å²) in [4.78, 5) is 25.7. The Labute approximate surface area is 163 Å². The minimum Gasteiger partial charge on any atom is -0.371 e. The summed E-state index contributed by atoms with van der Waals surface area (Å²) in [6.07, 6.45) is 2.35. The van der Waals surface area contributed by atoms with Crippen molar-refractivity contribution < 1.29 is 9.72 Å². The largest absolute Gasteiger partial charge is 0.371 e. The number of nitrogens with one attached hydrogen (secondary N) is 1. The maximum atomic E-state index is 12.9. The number of nitrogens with zero attached hydrogens (tertiary/aromatic N) is 3. The van der Waals surface area contributed by atoms with Crippen LogP contribution in [0.25, 0.3) is 0 Å². The van der Waals surface area contributed by atoms with Gasteiger partial charge in [0.25, 0.3) is 11.6 Å². The Balaban J connectivity index is 1.87. The maximum Gasteiger partial charge on any atom is 0.270 e. The standard InChI is InChI=1S/C21H22N4O3/c1-15-9-12-24(13-10-15)20-7-6-18(25(27)28)14-19(20)21(26)23-17-4-2-16(3-5-17)8-11-22/h2-7,14-15H,8-10,12-13H2,1H3,(H,23,26). The molecule has 28 heavy (non-hydrogen) atoms. The first-order valence-corrected chi connectivity index (χ1v) is 9.28. The van der Waals surface area contributed by atoms with Crippen molar-refractivity contribution in [1.29, 1.82) is 5.26 Å². The number of anilines is 2. The third-order valence-corrected chi connectivity index (χ3v) is 5.05. The van der Waals surface area contributed by atoms with Gasteiger partial charge in [-0.1, -0.05) is 19.1 Å². The van der Waals surface area contributed by atoms with Crippen LogP contribution in [0.3, 0.4) is 0 Å². The lowest BCUT2D eigenvalue weighted by Crippen LogP contribution is -2.34. The van der Waals surface area contributed by atoms with Gasteiger partial charge >= 0.3 is 0 Å². The number of benzene rings is 2. The normalized spacial score (nSPS) is 14.4. The van der Waals surface area contributed by atoms with Gasteiger partial charge in [-0.15, -0.1) is 0 Å². The number of piperidine rings is 1. The van der Waals surface area contributed by atoms with E-state index >= 15 is 0 Å². The molecule has 0 saturated carbocycles. The second-order valence-electron chi connectivity index (χ2n) is 7.11. The van der Waals surface area contributed by atoms with Gasteiger partial charge < -0.3 is 10.2 Å². The molecule has 0 radical (unpaired) electrons. The first-order chi connectivity index (χ1) is 13.5. The first-order valence-electron chi connectivity index (χ1n) is 9.28. The van der Waals surface area contributed by atoms with Crippen molar-refractivity contribution in [1.82, 2.24) is 0 Å². The number of carbonyl (C=O) groups excluding carboxylic acids is 1. The van der Waals surface area contributed by atoms with E-state index in [1.807, 2.05) is 0 Å². The molecular formula is C21H22N4O3. The summed E-state index contributed by atoms with van der Waals surface area (Å²) in [6.45, 7) is 3.85. The van der Waals surface area contributed by atoms with Crippen molar-refractivity contribution >= 4 is 23.0 Å². The zero-order valence-corrected chi connectivity index (χ0v) is 15.7. The van der Waals surface area contributed by atoms with Crippen LogP contribution in [0, 0.1) is 27.4 Å². The smallest absolute Gasteiger partial charge is 0.270 e. The summed E-state index contributed by atoms with van der Waals surface area (Å²) in [5.74, 6) is 0.254. The highest BCUT2D eigenvalue weighted by atomic mass is 16.6. The van der Waals surface area contributed by atoms with Crippen molar-refractivity contribution in [3.05, 3.63) is 63.7 Å². The van der Waals surface area contributed by atoms with Crippen LogP contribution in [0.2, 0.25) is 0 Å². The van der Waals surface area contributed by atoms with E-state index < -0.39 is 4.92 Å². The Morgan fingerprint density at radius 2 is 1.93 bits per heavy atom. The maximum absolute atomic E-state index is 12.9. The predicted molar refractivity (Wildman–Crippen MR) is 107 cm³/mol. The van der Waals surface area contributed by atoms with Gasteiger partial charge in [-0.2, -0.15) is 5.26 Å². The lowest BCUT2D eigenvalue weighted by Gasteiger charge is -2.33. The first kappa shape index (κ1) is 19.4. The quantitative estimate of drug-likeness (QED) is 0.622. The molecule has 7 nitrogen and oxygen atoms in total. The number of nitro benzene ring substituents is 1. The summed E-state index contributed by atoms with van der Waals surface area (Å²) in [5.41, 5.74) is 2.35. The third-order valence-electron chi connectivity index (χ3n) is 5.05. The molecule has 3 rings (SSSR count). The van der Waals surface area contributed by atoms with Crippen LogP contribution in [-0.2, 0) is 6.42 Å². The van der Waals surface area contributed by atoms with Gasteiger partial charge in [-0.05, 0) is 42.5 Å². The molecule has 1 N–H and O–H groups in total. The summed E-state index contributed by atoms with van der Waals surface area (Å²) in [5, 5.41) is 22.8. The van der Waals surface area contributed by atoms with Crippen LogP contribution >= 0.6 is 0 Å². The van der Waals surface area contributed by atoms with Crippen LogP contribution in [0.15, 0.2) is 42.5 Å². The highest BCUT2D eigenvalue weighted by Gasteiger charge is 2.23. The van der Waals surface area contributed by atoms with Gasteiger partial charge in [0.05, 0.1) is 28.7 Å². The molecular weight excluding hydrogens is 356 g/mol. The molecule has 0 unspecified atom stereocenters. The molecule has 1 heterocycles. The van der Waals surface area contributed by atoms with Gasteiger partial charge in [0, 0.05) is 30.9 Å². The zero-order chi connectivity index (χ0) is 20.1. The number of hydrogen-bond donors (Lipinski definition) is 1. The minimum atomic E-state index is -0.491. The van der Waals surface area contributed by atoms with Gasteiger partial charge in [0.15, 0.2) is 0 Å². The van der Waals surface area contributed by atoms with E-state index in [1.165, 1.54) is 12.1 Å². The van der Waals surface area contributed by atoms with Crippen LogP contribution in [-0.4, -0.2) is 23.9 Å². The zero-order valence-electron chi connectivity index (χ0n) is 15.7. The molecule has 0 aliphatic carbocycles. The van der Waals surface area contributed by atoms with Gasteiger partial charge in [-0.3, -0.25) is 14.9 Å². The highest BCUT2D eigenvalue weighted by Crippen LogP contribution is 2.30. The molecule has 0 bridgehead atoms. The molecule has 1 amide bonds. The Bertz CT molecular complexity index is 910. The lowest BCUT2D eigenvalue weighted by atomic mass is 9.98. The Kier molecular flexibility index (Phi) is 5.90. The third kappa shape index (κ3) is 4.46. The molecule has 1 aliphatic heterocycles.